The van der Waals surface area contributed by atoms with E-state index < -0.39 is 0 Å². The number of benzene rings is 1. The Balaban J connectivity index is 1.59. The molecule has 2 aromatic rings. The lowest BCUT2D eigenvalue weighted by molar-refractivity contribution is -0.129. The average Bonchev–Trinajstić information content (AvgIpc) is 2.87. The molecule has 1 N–H and O–H groups in total. The molecule has 2 heterocycles. The van der Waals surface area contributed by atoms with Gasteiger partial charge in [0.05, 0.1) is 16.8 Å². The molecule has 3 rings (SSSR count). The fourth-order valence-electron chi connectivity index (χ4n) is 2.45. The van der Waals surface area contributed by atoms with Gasteiger partial charge >= 0.3 is 0 Å². The normalized spacial score (nSPS) is 16.6. The van der Waals surface area contributed by atoms with Crippen LogP contribution in [0.15, 0.2) is 23.4 Å². The van der Waals surface area contributed by atoms with Crippen LogP contribution in [-0.2, 0) is 4.79 Å². The van der Waals surface area contributed by atoms with Gasteiger partial charge in [0.1, 0.15) is 0 Å². The SMILES string of the molecule is Cc1ccc2nc(SCC(=O)N3CCN(C)CC3)[nH]c2c1. The number of aromatic amines is 1. The number of H-pyrrole nitrogens is 1. The number of imidazole rings is 1. The van der Waals surface area contributed by atoms with Gasteiger partial charge in [0, 0.05) is 26.2 Å². The standard InChI is InChI=1S/C15H20N4OS/c1-11-3-4-12-13(9-11)17-15(16-12)21-10-14(20)19-7-5-18(2)6-8-19/h3-4,9H,5-8,10H2,1-2H3,(H,16,17). The number of carbonyl (C=O) groups excluding carboxylic acids is 1. The summed E-state index contributed by atoms with van der Waals surface area (Å²) in [5.74, 6) is 0.646. The second-order valence-corrected chi connectivity index (χ2v) is 6.50. The Kier molecular flexibility index (Phi) is 4.17. The van der Waals surface area contributed by atoms with Crippen molar-refractivity contribution < 1.29 is 4.79 Å². The molecular weight excluding hydrogens is 284 g/mol. The molecule has 112 valence electrons. The first-order chi connectivity index (χ1) is 10.1. The molecular formula is C15H20N4OS. The highest BCUT2D eigenvalue weighted by atomic mass is 32.2. The number of nitrogens with zero attached hydrogens (tertiary/aromatic N) is 3. The fourth-order valence-corrected chi connectivity index (χ4v) is 3.23. The number of thioether (sulfide) groups is 1. The molecule has 0 unspecified atom stereocenters. The second-order valence-electron chi connectivity index (χ2n) is 5.54. The molecule has 0 bridgehead atoms. The number of likely N-dealkylation sites (N-methyl/N-ethyl adjacent to an activating group) is 1. The summed E-state index contributed by atoms with van der Waals surface area (Å²) in [6, 6.07) is 6.13. The maximum atomic E-state index is 12.2. The van der Waals surface area contributed by atoms with Crippen molar-refractivity contribution in [3.05, 3.63) is 23.8 Å². The maximum absolute atomic E-state index is 12.2. The Morgan fingerprint density at radius 2 is 2.10 bits per heavy atom. The Bertz CT molecular complexity index is 646. The molecule has 1 saturated heterocycles. The number of amides is 1. The monoisotopic (exact) mass is 304 g/mol. The topological polar surface area (TPSA) is 52.2 Å². The number of piperazine rings is 1. The van der Waals surface area contributed by atoms with Crippen LogP contribution in [0.5, 0.6) is 0 Å². The van der Waals surface area contributed by atoms with Gasteiger partial charge in [-0.3, -0.25) is 4.79 Å². The van der Waals surface area contributed by atoms with Crippen molar-refractivity contribution in [3.63, 3.8) is 0 Å². The summed E-state index contributed by atoms with van der Waals surface area (Å²) in [6.07, 6.45) is 0. The highest BCUT2D eigenvalue weighted by molar-refractivity contribution is 7.99. The smallest absolute Gasteiger partial charge is 0.233 e. The van der Waals surface area contributed by atoms with E-state index in [2.05, 4.69) is 34.9 Å². The number of rotatable bonds is 3. The van der Waals surface area contributed by atoms with E-state index in [1.165, 1.54) is 17.3 Å². The molecule has 0 atom stereocenters. The van der Waals surface area contributed by atoms with Crippen LogP contribution in [-0.4, -0.2) is 64.7 Å². The number of aromatic nitrogens is 2. The number of carbonyl (C=O) groups is 1. The highest BCUT2D eigenvalue weighted by Gasteiger charge is 2.19. The minimum Gasteiger partial charge on any atom is -0.339 e. The number of hydrogen-bond acceptors (Lipinski definition) is 4. The van der Waals surface area contributed by atoms with Crippen LogP contribution in [0.4, 0.5) is 0 Å². The zero-order valence-electron chi connectivity index (χ0n) is 12.4. The van der Waals surface area contributed by atoms with Crippen molar-refractivity contribution in [2.75, 3.05) is 39.0 Å². The fraction of sp³-hybridized carbons (Fsp3) is 0.467. The lowest BCUT2D eigenvalue weighted by atomic mass is 10.2. The van der Waals surface area contributed by atoms with Gasteiger partial charge < -0.3 is 14.8 Å². The van der Waals surface area contributed by atoms with E-state index in [1.807, 2.05) is 17.0 Å². The summed E-state index contributed by atoms with van der Waals surface area (Å²) in [7, 11) is 2.09. The first-order valence-corrected chi connectivity index (χ1v) is 8.16. The van der Waals surface area contributed by atoms with Gasteiger partial charge in [0.15, 0.2) is 5.16 Å². The van der Waals surface area contributed by atoms with Crippen LogP contribution in [0.25, 0.3) is 11.0 Å². The molecule has 5 nitrogen and oxygen atoms in total. The zero-order valence-corrected chi connectivity index (χ0v) is 13.2. The van der Waals surface area contributed by atoms with E-state index in [0.29, 0.717) is 5.75 Å². The van der Waals surface area contributed by atoms with Gasteiger partial charge in [-0.15, -0.1) is 0 Å². The summed E-state index contributed by atoms with van der Waals surface area (Å²) in [5, 5.41) is 0.818. The third kappa shape index (κ3) is 3.39. The second kappa shape index (κ2) is 6.07. The molecule has 1 fully saturated rings. The first kappa shape index (κ1) is 14.4. The highest BCUT2D eigenvalue weighted by Crippen LogP contribution is 2.20. The van der Waals surface area contributed by atoms with E-state index in [-0.39, 0.29) is 5.91 Å². The third-order valence-corrected chi connectivity index (χ3v) is 4.66. The van der Waals surface area contributed by atoms with Gasteiger partial charge in [0.25, 0.3) is 0 Å². The van der Waals surface area contributed by atoms with Crippen LogP contribution >= 0.6 is 11.8 Å². The summed E-state index contributed by atoms with van der Waals surface area (Å²) in [4.78, 5) is 24.2. The number of fused-ring (bicyclic) bond motifs is 1. The van der Waals surface area contributed by atoms with Gasteiger partial charge in [-0.05, 0) is 31.7 Å². The van der Waals surface area contributed by atoms with E-state index in [0.717, 1.165) is 42.4 Å². The predicted molar refractivity (Wildman–Crippen MR) is 85.6 cm³/mol. The van der Waals surface area contributed by atoms with Gasteiger partial charge in [0.2, 0.25) is 5.91 Å². The van der Waals surface area contributed by atoms with Crippen molar-refractivity contribution in [3.8, 4) is 0 Å². The van der Waals surface area contributed by atoms with Crippen molar-refractivity contribution in [1.82, 2.24) is 19.8 Å². The summed E-state index contributed by atoms with van der Waals surface area (Å²) in [5.41, 5.74) is 3.19. The maximum Gasteiger partial charge on any atom is 0.233 e. The predicted octanol–water partition coefficient (Wildman–Crippen LogP) is 1.74. The van der Waals surface area contributed by atoms with Crippen molar-refractivity contribution >= 4 is 28.7 Å². The number of hydrogen-bond donors (Lipinski definition) is 1. The molecule has 1 aromatic carbocycles. The van der Waals surface area contributed by atoms with Crippen LogP contribution in [0, 0.1) is 6.92 Å². The zero-order chi connectivity index (χ0) is 14.8. The summed E-state index contributed by atoms with van der Waals surface area (Å²) in [6.45, 7) is 5.63. The van der Waals surface area contributed by atoms with Crippen molar-refractivity contribution in [2.24, 2.45) is 0 Å². The lowest BCUT2D eigenvalue weighted by Gasteiger charge is -2.32. The van der Waals surface area contributed by atoms with Crippen LogP contribution in [0.2, 0.25) is 0 Å². The Morgan fingerprint density at radius 1 is 1.33 bits per heavy atom. The number of nitrogens with one attached hydrogen (secondary N) is 1. The minimum absolute atomic E-state index is 0.199. The molecule has 0 saturated carbocycles. The largest absolute Gasteiger partial charge is 0.339 e. The van der Waals surface area contributed by atoms with Crippen LogP contribution in [0.1, 0.15) is 5.56 Å². The first-order valence-electron chi connectivity index (χ1n) is 7.17. The minimum atomic E-state index is 0.199. The van der Waals surface area contributed by atoms with Crippen LogP contribution < -0.4 is 0 Å². The molecule has 1 aliphatic rings. The van der Waals surface area contributed by atoms with E-state index in [9.17, 15) is 4.79 Å². The van der Waals surface area contributed by atoms with Gasteiger partial charge in [-0.1, -0.05) is 17.8 Å². The van der Waals surface area contributed by atoms with Crippen LogP contribution in [0.3, 0.4) is 0 Å². The Morgan fingerprint density at radius 3 is 2.86 bits per heavy atom. The molecule has 6 heteroatoms. The van der Waals surface area contributed by atoms with E-state index in [1.54, 1.807) is 0 Å². The van der Waals surface area contributed by atoms with Crippen molar-refractivity contribution in [1.29, 1.82) is 0 Å². The van der Waals surface area contributed by atoms with Crippen molar-refractivity contribution in [2.45, 2.75) is 12.1 Å². The van der Waals surface area contributed by atoms with E-state index >= 15 is 0 Å². The molecule has 1 aliphatic heterocycles. The molecule has 1 amide bonds. The molecule has 1 aromatic heterocycles. The average molecular weight is 304 g/mol. The lowest BCUT2D eigenvalue weighted by Crippen LogP contribution is -2.47. The quantitative estimate of drug-likeness (QED) is 0.878. The summed E-state index contributed by atoms with van der Waals surface area (Å²) < 4.78 is 0. The van der Waals surface area contributed by atoms with Gasteiger partial charge in [-0.2, -0.15) is 0 Å². The summed E-state index contributed by atoms with van der Waals surface area (Å²) >= 11 is 1.48. The Hall–Kier alpha value is -1.53. The Labute approximate surface area is 128 Å². The molecule has 21 heavy (non-hydrogen) atoms. The third-order valence-electron chi connectivity index (χ3n) is 3.80. The van der Waals surface area contributed by atoms with E-state index in [4.69, 9.17) is 0 Å². The molecule has 0 spiro atoms. The molecule has 0 aliphatic carbocycles. The molecule has 0 radical (unpaired) electrons. The van der Waals surface area contributed by atoms with Gasteiger partial charge in [-0.25, -0.2) is 4.98 Å². The number of aryl methyl sites for hydroxylation is 1.